The van der Waals surface area contributed by atoms with Gasteiger partial charge in [-0.05, 0) is 154 Å². The van der Waals surface area contributed by atoms with Crippen LogP contribution in [0.5, 0.6) is 0 Å². The van der Waals surface area contributed by atoms with Crippen LogP contribution in [0.2, 0.25) is 0 Å². The van der Waals surface area contributed by atoms with Gasteiger partial charge in [0.1, 0.15) is 35.6 Å². The van der Waals surface area contributed by atoms with Crippen molar-refractivity contribution in [2.24, 2.45) is 93.7 Å². The second-order valence-corrected chi connectivity index (χ2v) is 38.7. The number of nitrogens with zero attached hydrogens (tertiary/aromatic N) is 2. The van der Waals surface area contributed by atoms with E-state index in [-0.39, 0.29) is 57.0 Å². The normalized spacial score (nSPS) is 50.5. The van der Waals surface area contributed by atoms with Crippen molar-refractivity contribution in [3.63, 3.8) is 0 Å². The number of hydrogen-bond donors (Lipinski definition) is 11. The maximum Gasteiger partial charge on any atom is 0.341 e. The fraction of sp³-hybridized carbons (Fsp3) is 0.902. The minimum Gasteiger partial charge on any atom is -0.458 e. The third-order valence-corrected chi connectivity index (χ3v) is 32.1. The lowest BCUT2D eigenvalue weighted by molar-refractivity contribution is -0.302. The van der Waals surface area contributed by atoms with E-state index in [1.54, 1.807) is 41.5 Å². The Hall–Kier alpha value is -4.84. The van der Waals surface area contributed by atoms with Crippen molar-refractivity contribution in [3.8, 4) is 0 Å². The van der Waals surface area contributed by atoms with E-state index in [4.69, 9.17) is 47.4 Å². The zero-order chi connectivity index (χ0) is 83.5. The third kappa shape index (κ3) is 12.3. The summed E-state index contributed by atoms with van der Waals surface area (Å²) in [6.45, 7) is 30.2. The van der Waals surface area contributed by atoms with Crippen molar-refractivity contribution in [1.82, 2.24) is 9.80 Å². The largest absolute Gasteiger partial charge is 0.458 e. The van der Waals surface area contributed by atoms with E-state index in [2.05, 4.69) is 23.6 Å². The molecule has 2 spiro atoms. The fourth-order valence-corrected chi connectivity index (χ4v) is 26.3. The van der Waals surface area contributed by atoms with Crippen LogP contribution in [0.1, 0.15) is 208 Å². The standard InChI is InChI=1S/C41H63NO15.C41H63NO14/c1-10-19(3)34(47)56-33-28(46)27-23(17-42-16-18(2)11-12-25(42)38(27,9)50)24-15-39-32(40(24,33)51)30(54-22(6)45)29(53-21(5)44)31-36(39,7)14-13-26(41(31,52)57-39)55-35(48)37(8,49)20(4)43;1-10-20(4)34(46)55-33-28(45)27-23(18-42-17-19(3)12-13-25(42)38(27,9)49)24-16-39-32(40(24,33)50)30(53-22(6)44)29(52-21(5)43)31-36(39,7)15-14-26(41(31,51)56-39)54-35(47)37(8,48)11-2/h18-20,23-33,43,46,49-52H,10-17H2,1-9H3;19-20,23-33,45,48-51H,10-18H2,1-9H3. The van der Waals surface area contributed by atoms with E-state index in [0.717, 1.165) is 33.6 Å². The molecule has 0 amide bonds. The topological polar surface area (TPSA) is 458 Å². The molecule has 14 rings (SSSR count). The maximum atomic E-state index is 13.9. The summed E-state index contributed by atoms with van der Waals surface area (Å²) in [5.74, 6) is -22.3. The van der Waals surface area contributed by atoms with E-state index in [9.17, 15) is 94.5 Å². The van der Waals surface area contributed by atoms with Gasteiger partial charge in [0.2, 0.25) is 11.6 Å². The van der Waals surface area contributed by atoms with Crippen LogP contribution in [0.15, 0.2) is 0 Å². The molecule has 0 aromatic rings. The Balaban J connectivity index is 0.000000198. The number of hydrogen-bond acceptors (Lipinski definition) is 31. The molecular weight excluding hydrogens is 1480 g/mol. The number of carbonyl (C=O) groups excluding carboxylic acids is 8. The number of aliphatic hydroxyl groups is 11. The second-order valence-electron chi connectivity index (χ2n) is 38.7. The molecule has 6 heterocycles. The number of fused-ring (bicyclic) bond motifs is 10. The van der Waals surface area contributed by atoms with Gasteiger partial charge in [0.15, 0.2) is 35.6 Å². The molecule has 14 aliphatic rings. The third-order valence-electron chi connectivity index (χ3n) is 32.1. The molecule has 0 aromatic carbocycles. The first kappa shape index (κ1) is 86.0. The predicted octanol–water partition coefficient (Wildman–Crippen LogP) is 2.19. The molecule has 11 N–H and O–H groups in total. The van der Waals surface area contributed by atoms with E-state index in [1.165, 1.54) is 27.7 Å². The molecule has 6 aliphatic heterocycles. The number of aliphatic hydroxyl groups excluding tert-OH is 3. The molecule has 31 heteroatoms. The average Bonchev–Trinajstić information content (AvgIpc) is 1.47. The molecule has 6 saturated heterocycles. The Morgan fingerprint density at radius 2 is 0.823 bits per heavy atom. The molecule has 113 heavy (non-hydrogen) atoms. The van der Waals surface area contributed by atoms with Crippen LogP contribution < -0.4 is 0 Å². The molecule has 31 nitrogen and oxygen atoms in total. The Kier molecular flexibility index (Phi) is 21.8. The molecule has 39 atom stereocenters. The van der Waals surface area contributed by atoms with Crippen LogP contribution in [0.4, 0.5) is 0 Å². The van der Waals surface area contributed by atoms with E-state index in [1.807, 2.05) is 20.8 Å². The summed E-state index contributed by atoms with van der Waals surface area (Å²) in [6.07, 6.45) is -12.7. The summed E-state index contributed by atoms with van der Waals surface area (Å²) in [5, 5.41) is 136. The lowest BCUT2D eigenvalue weighted by Gasteiger charge is -2.64. The fourth-order valence-electron chi connectivity index (χ4n) is 26.3. The van der Waals surface area contributed by atoms with Crippen LogP contribution in [-0.4, -0.2) is 276 Å². The molecule has 8 saturated carbocycles. The van der Waals surface area contributed by atoms with Gasteiger partial charge < -0.3 is 104 Å². The van der Waals surface area contributed by atoms with Gasteiger partial charge in [0.25, 0.3) is 0 Å². The first-order chi connectivity index (χ1) is 52.3. The number of carbonyl (C=O) groups is 8. The van der Waals surface area contributed by atoms with E-state index >= 15 is 0 Å². The van der Waals surface area contributed by atoms with Crippen molar-refractivity contribution >= 4 is 47.8 Å². The van der Waals surface area contributed by atoms with Gasteiger partial charge >= 0.3 is 47.8 Å². The zero-order valence-electron chi connectivity index (χ0n) is 68.8. The smallest absolute Gasteiger partial charge is 0.341 e. The zero-order valence-corrected chi connectivity index (χ0v) is 68.8. The van der Waals surface area contributed by atoms with Gasteiger partial charge in [-0.25, -0.2) is 9.59 Å². The highest BCUT2D eigenvalue weighted by atomic mass is 16.7. The van der Waals surface area contributed by atoms with Crippen LogP contribution in [0.3, 0.4) is 0 Å². The van der Waals surface area contributed by atoms with E-state index in [0.29, 0.717) is 63.7 Å². The maximum absolute atomic E-state index is 13.9. The number of piperidine rings is 4. The van der Waals surface area contributed by atoms with Crippen molar-refractivity contribution < 1.29 is 142 Å². The quantitative estimate of drug-likeness (QED) is 0.0779. The minimum absolute atomic E-state index is 0.0107. The Morgan fingerprint density at radius 1 is 0.487 bits per heavy atom. The lowest BCUT2D eigenvalue weighted by atomic mass is 9.48. The second kappa shape index (κ2) is 28.7. The summed E-state index contributed by atoms with van der Waals surface area (Å²) >= 11 is 0. The highest BCUT2D eigenvalue weighted by Gasteiger charge is 2.93. The molecular formula is C82H126N2O29. The number of esters is 8. The summed E-state index contributed by atoms with van der Waals surface area (Å²) in [7, 11) is 0. The van der Waals surface area contributed by atoms with Crippen LogP contribution in [0, 0.1) is 93.7 Å². The number of rotatable bonds is 16. The molecule has 14 fully saturated rings. The highest BCUT2D eigenvalue weighted by molar-refractivity contribution is 5.80. The lowest BCUT2D eigenvalue weighted by Crippen LogP contribution is -2.78. The first-order valence-corrected chi connectivity index (χ1v) is 41.5. The van der Waals surface area contributed by atoms with Gasteiger partial charge in [-0.2, -0.15) is 0 Å². The Bertz CT molecular complexity index is 3740. The molecule has 8 aliphatic carbocycles. The van der Waals surface area contributed by atoms with Crippen molar-refractivity contribution in [1.29, 1.82) is 0 Å². The molecule has 39 unspecified atom stereocenters. The van der Waals surface area contributed by atoms with Gasteiger partial charge in [-0.15, -0.1) is 0 Å². The van der Waals surface area contributed by atoms with Gasteiger partial charge in [-0.1, -0.05) is 62.3 Å². The van der Waals surface area contributed by atoms with Crippen LogP contribution in [-0.2, 0) is 85.7 Å². The first-order valence-electron chi connectivity index (χ1n) is 41.5. The van der Waals surface area contributed by atoms with Gasteiger partial charge in [-0.3, -0.25) is 38.6 Å². The van der Waals surface area contributed by atoms with Crippen LogP contribution >= 0.6 is 0 Å². The monoisotopic (exact) mass is 1600 g/mol. The predicted molar refractivity (Wildman–Crippen MR) is 391 cm³/mol. The molecule has 8 bridgehead atoms. The summed E-state index contributed by atoms with van der Waals surface area (Å²) in [4.78, 5) is 111. The van der Waals surface area contributed by atoms with Gasteiger partial charge in [0, 0.05) is 88.6 Å². The Labute approximate surface area is 660 Å². The van der Waals surface area contributed by atoms with E-state index < -0.39 is 253 Å². The highest BCUT2D eigenvalue weighted by Crippen LogP contribution is 2.81. The summed E-state index contributed by atoms with van der Waals surface area (Å²) in [6, 6.07) is -0.638. The SMILES string of the molecule is CCC(C)C(=O)OC1C(O)C2C(CN3CC(C)CCC3C2(C)O)C2CC34OC5(O)C(OC(=O)C(C)(O)C(C)O)CCC3(C)C5C(OC(C)=O)C(OC(C)=O)C4C21O.CCC(C)C(=O)OC1C(O)C2C(CN3CC(C)CCC3C2(C)O)C2CC34OC5(O)C(OC(=O)C(C)(O)CC)CCC3(C)C5C(OC(C)=O)C(OC(C)=O)C4C21O. The molecule has 638 valence electrons. The van der Waals surface area contributed by atoms with Crippen molar-refractivity contribution in [3.05, 3.63) is 0 Å². The summed E-state index contributed by atoms with van der Waals surface area (Å²) < 4.78 is 62.3. The number of ether oxygens (including phenoxy) is 10. The molecule has 0 radical (unpaired) electrons. The molecule has 0 aromatic heterocycles. The average molecular weight is 1600 g/mol. The van der Waals surface area contributed by atoms with Crippen molar-refractivity contribution in [2.75, 3.05) is 26.2 Å². The summed E-state index contributed by atoms with van der Waals surface area (Å²) in [5.41, 5.74) is -17.4. The van der Waals surface area contributed by atoms with Gasteiger partial charge in [0.05, 0.1) is 76.2 Å². The van der Waals surface area contributed by atoms with Crippen LogP contribution in [0.25, 0.3) is 0 Å². The van der Waals surface area contributed by atoms with Crippen molar-refractivity contribution in [2.45, 2.75) is 344 Å². The Morgan fingerprint density at radius 3 is 1.14 bits per heavy atom. The minimum atomic E-state index is -2.47.